The number of hydrogen-bond donors (Lipinski definition) is 2. The van der Waals surface area contributed by atoms with Crippen molar-refractivity contribution in [1.82, 2.24) is 20.1 Å². The number of aromatic amines is 1. The number of fused-ring (bicyclic) bond motifs is 2. The molecule has 1 aliphatic heterocycles. The van der Waals surface area contributed by atoms with Gasteiger partial charge in [-0.15, -0.1) is 0 Å². The lowest BCUT2D eigenvalue weighted by Gasteiger charge is -2.46. The van der Waals surface area contributed by atoms with E-state index in [2.05, 4.69) is 34.5 Å². The van der Waals surface area contributed by atoms with E-state index < -0.39 is 0 Å². The van der Waals surface area contributed by atoms with Gasteiger partial charge in [0, 0.05) is 59.8 Å². The fraction of sp³-hybridized carbons (Fsp3) is 0.550. The molecular weight excluding hydrogens is 348 g/mol. The Morgan fingerprint density at radius 2 is 2.15 bits per heavy atom. The first-order valence-corrected chi connectivity index (χ1v) is 9.95. The molecule has 1 unspecified atom stereocenters. The largest absolute Gasteiger partial charge is 0.361 e. The summed E-state index contributed by atoms with van der Waals surface area (Å²) in [4.78, 5) is 20.1. The maximum absolute atomic E-state index is 12.5. The van der Waals surface area contributed by atoms with Crippen molar-refractivity contribution in [2.45, 2.75) is 44.7 Å². The Kier molecular flexibility index (Phi) is 4.61. The van der Waals surface area contributed by atoms with Crippen LogP contribution in [0, 0.1) is 0 Å². The Balaban J connectivity index is 1.64. The van der Waals surface area contributed by atoms with E-state index in [1.807, 2.05) is 24.8 Å². The van der Waals surface area contributed by atoms with Gasteiger partial charge in [0.1, 0.15) is 0 Å². The summed E-state index contributed by atoms with van der Waals surface area (Å²) in [6.45, 7) is 6.37. The van der Waals surface area contributed by atoms with Crippen molar-refractivity contribution in [2.75, 3.05) is 26.7 Å². The van der Waals surface area contributed by atoms with Crippen LogP contribution in [0.2, 0.25) is 5.02 Å². The quantitative estimate of drug-likeness (QED) is 0.862. The van der Waals surface area contributed by atoms with Crippen LogP contribution < -0.4 is 5.32 Å². The molecule has 26 heavy (non-hydrogen) atoms. The number of aromatic nitrogens is 1. The number of rotatable bonds is 3. The third-order valence-electron chi connectivity index (χ3n) is 6.17. The molecule has 1 aromatic carbocycles. The van der Waals surface area contributed by atoms with Gasteiger partial charge in [-0.25, -0.2) is 4.79 Å². The number of amides is 2. The Morgan fingerprint density at radius 1 is 1.38 bits per heavy atom. The Hall–Kier alpha value is -1.72. The van der Waals surface area contributed by atoms with Crippen molar-refractivity contribution >= 4 is 28.5 Å². The van der Waals surface area contributed by atoms with Crippen LogP contribution in [-0.4, -0.2) is 59.6 Å². The zero-order valence-corrected chi connectivity index (χ0v) is 16.4. The summed E-state index contributed by atoms with van der Waals surface area (Å²) in [7, 11) is 2.17. The molecule has 3 atom stereocenters. The van der Waals surface area contributed by atoms with Crippen LogP contribution in [0.3, 0.4) is 0 Å². The molecule has 1 saturated heterocycles. The lowest BCUT2D eigenvalue weighted by Crippen LogP contribution is -2.56. The summed E-state index contributed by atoms with van der Waals surface area (Å²) in [5.41, 5.74) is 3.77. The minimum Gasteiger partial charge on any atom is -0.361 e. The number of likely N-dealkylation sites (tertiary alicyclic amines) is 1. The summed E-state index contributed by atoms with van der Waals surface area (Å²) in [6, 6.07) is 4.68. The van der Waals surface area contributed by atoms with Gasteiger partial charge in [-0.1, -0.05) is 11.6 Å². The molecule has 0 bridgehead atoms. The number of halogens is 1. The van der Waals surface area contributed by atoms with E-state index in [9.17, 15) is 4.79 Å². The van der Waals surface area contributed by atoms with Crippen LogP contribution in [0.4, 0.5) is 4.79 Å². The lowest BCUT2D eigenvalue weighted by molar-refractivity contribution is 0.124. The van der Waals surface area contributed by atoms with E-state index in [1.54, 1.807) is 0 Å². The molecule has 0 radical (unpaired) electrons. The van der Waals surface area contributed by atoms with Gasteiger partial charge in [-0.3, -0.25) is 0 Å². The molecule has 140 valence electrons. The molecule has 1 fully saturated rings. The molecule has 1 aromatic heterocycles. The first-order chi connectivity index (χ1) is 12.5. The van der Waals surface area contributed by atoms with Gasteiger partial charge >= 0.3 is 6.03 Å². The van der Waals surface area contributed by atoms with Gasteiger partial charge in [0.05, 0.1) is 0 Å². The molecule has 0 spiro atoms. The monoisotopic (exact) mass is 374 g/mol. The third-order valence-corrected chi connectivity index (χ3v) is 6.50. The first kappa shape index (κ1) is 17.7. The normalized spacial score (nSPS) is 25.2. The van der Waals surface area contributed by atoms with Crippen LogP contribution in [0.5, 0.6) is 0 Å². The van der Waals surface area contributed by atoms with Gasteiger partial charge in [0.25, 0.3) is 0 Å². The van der Waals surface area contributed by atoms with E-state index in [-0.39, 0.29) is 12.1 Å². The molecule has 0 saturated carbocycles. The van der Waals surface area contributed by atoms with Crippen molar-refractivity contribution in [1.29, 1.82) is 0 Å². The van der Waals surface area contributed by atoms with E-state index >= 15 is 0 Å². The number of nitrogens with zero attached hydrogens (tertiary/aromatic N) is 2. The Labute approximate surface area is 159 Å². The number of benzene rings is 1. The second-order valence-electron chi connectivity index (χ2n) is 7.57. The molecule has 2 N–H and O–H groups in total. The number of hydrogen-bond acceptors (Lipinski definition) is 2. The highest BCUT2D eigenvalue weighted by Gasteiger charge is 2.41. The number of carbonyl (C=O) groups is 1. The van der Waals surface area contributed by atoms with Crippen LogP contribution in [-0.2, 0) is 6.42 Å². The van der Waals surface area contributed by atoms with Gasteiger partial charge in [0.2, 0.25) is 0 Å². The van der Waals surface area contributed by atoms with Gasteiger partial charge in [0.15, 0.2) is 0 Å². The number of urea groups is 1. The van der Waals surface area contributed by atoms with Crippen LogP contribution in [0.25, 0.3) is 10.9 Å². The second-order valence-corrected chi connectivity index (χ2v) is 7.98. The predicted molar refractivity (Wildman–Crippen MR) is 106 cm³/mol. The van der Waals surface area contributed by atoms with Crippen LogP contribution in [0.1, 0.15) is 37.3 Å². The smallest absolute Gasteiger partial charge is 0.317 e. The van der Waals surface area contributed by atoms with Crippen LogP contribution in [0.15, 0.2) is 18.3 Å². The summed E-state index contributed by atoms with van der Waals surface area (Å²) >= 11 is 6.65. The molecule has 4 rings (SSSR count). The number of nitrogens with one attached hydrogen (secondary N) is 2. The molecule has 2 amide bonds. The van der Waals surface area contributed by atoms with Gasteiger partial charge in [-0.2, -0.15) is 0 Å². The molecule has 1 aliphatic carbocycles. The van der Waals surface area contributed by atoms with Crippen molar-refractivity contribution < 1.29 is 4.79 Å². The first-order valence-electron chi connectivity index (χ1n) is 9.57. The third kappa shape index (κ3) is 2.78. The highest BCUT2D eigenvalue weighted by Crippen LogP contribution is 2.45. The zero-order valence-electron chi connectivity index (χ0n) is 15.7. The number of likely N-dealkylation sites (N-methyl/N-ethyl adjacent to an activating group) is 1. The highest BCUT2D eigenvalue weighted by molar-refractivity contribution is 6.32. The fourth-order valence-electron chi connectivity index (χ4n) is 4.86. The SMILES string of the molecule is CCN(CC)C(=O)N[C@H]1CC2c3c(Cl)ccc4[nH]cc(c34)C[C@H]2N(C)C1. The van der Waals surface area contributed by atoms with E-state index in [4.69, 9.17) is 11.6 Å². The minimum atomic E-state index is 0.0364. The molecule has 2 heterocycles. The van der Waals surface area contributed by atoms with E-state index in [0.717, 1.165) is 43.0 Å². The molecule has 2 aromatic rings. The maximum Gasteiger partial charge on any atom is 0.317 e. The predicted octanol–water partition coefficient (Wildman–Crippen LogP) is 3.59. The second kappa shape index (κ2) is 6.78. The van der Waals surface area contributed by atoms with Gasteiger partial charge in [-0.05, 0) is 57.0 Å². The zero-order chi connectivity index (χ0) is 18.4. The Morgan fingerprint density at radius 3 is 2.88 bits per heavy atom. The van der Waals surface area contributed by atoms with Crippen molar-refractivity contribution in [3.05, 3.63) is 34.5 Å². The van der Waals surface area contributed by atoms with Crippen molar-refractivity contribution in [3.63, 3.8) is 0 Å². The summed E-state index contributed by atoms with van der Waals surface area (Å²) < 4.78 is 0. The number of H-pyrrole nitrogens is 1. The Bertz CT molecular complexity index is 829. The highest BCUT2D eigenvalue weighted by atomic mass is 35.5. The summed E-state index contributed by atoms with van der Waals surface area (Å²) in [5, 5.41) is 5.39. The van der Waals surface area contributed by atoms with Gasteiger partial charge < -0.3 is 20.1 Å². The number of carbonyl (C=O) groups excluding carboxylic acids is 1. The minimum absolute atomic E-state index is 0.0364. The van der Waals surface area contributed by atoms with Crippen molar-refractivity contribution in [3.8, 4) is 0 Å². The van der Waals surface area contributed by atoms with E-state index in [1.165, 1.54) is 16.5 Å². The lowest BCUT2D eigenvalue weighted by atomic mass is 9.74. The standard InChI is InChI=1S/C20H27ClN4O/c1-4-25(5-2)20(26)23-13-9-14-17(24(3)11-13)8-12-10-22-16-7-6-15(21)19(14)18(12)16/h6-7,10,13-14,17,22H,4-5,8-9,11H2,1-3H3,(H,23,26)/t13-,14?,17+/m0/s1. The van der Waals surface area contributed by atoms with E-state index in [0.29, 0.717) is 12.0 Å². The summed E-state index contributed by atoms with van der Waals surface area (Å²) in [6.07, 6.45) is 4.10. The molecular formula is C20H27ClN4O. The average molecular weight is 375 g/mol. The topological polar surface area (TPSA) is 51.4 Å². The molecule has 2 aliphatic rings. The summed E-state index contributed by atoms with van der Waals surface area (Å²) in [5.74, 6) is 0.343. The fourth-order valence-corrected chi connectivity index (χ4v) is 5.16. The molecule has 6 heteroatoms. The molecule has 5 nitrogen and oxygen atoms in total. The average Bonchev–Trinajstić information content (AvgIpc) is 3.02. The van der Waals surface area contributed by atoms with Crippen LogP contribution >= 0.6 is 11.6 Å². The maximum atomic E-state index is 12.5. The number of piperidine rings is 1. The van der Waals surface area contributed by atoms with Crippen molar-refractivity contribution in [2.24, 2.45) is 0 Å².